The van der Waals surface area contributed by atoms with Crippen molar-refractivity contribution in [2.75, 3.05) is 18.9 Å². The van der Waals surface area contributed by atoms with Gasteiger partial charge in [-0.05, 0) is 36.2 Å². The van der Waals surface area contributed by atoms with Crippen LogP contribution in [0.2, 0.25) is 0 Å². The van der Waals surface area contributed by atoms with E-state index in [0.29, 0.717) is 23.8 Å². The summed E-state index contributed by atoms with van der Waals surface area (Å²) in [7, 11) is 1.60. The number of amides is 1. The number of carbonyl (C=O) groups excluding carboxylic acids is 1. The zero-order chi connectivity index (χ0) is 17.4. The Kier molecular flexibility index (Phi) is 6.24. The summed E-state index contributed by atoms with van der Waals surface area (Å²) in [6.45, 7) is 2.17. The standard InChI is InChI=1S/C17H20FN5O/c1-12-5-6-13(8-15(12)18)9-21-17(19-2)22-11-16(24)23-14-4-3-7-20-10-14/h3-8,10H,9,11H2,1-2H3,(H,23,24)(H2,19,21,22). The van der Waals surface area contributed by atoms with Crippen LogP contribution in [-0.4, -0.2) is 30.4 Å². The van der Waals surface area contributed by atoms with Crippen molar-refractivity contribution >= 4 is 17.6 Å². The maximum Gasteiger partial charge on any atom is 0.243 e. The molecule has 0 atom stereocenters. The van der Waals surface area contributed by atoms with Crippen molar-refractivity contribution in [3.05, 3.63) is 59.7 Å². The minimum absolute atomic E-state index is 0.0524. The quantitative estimate of drug-likeness (QED) is 0.578. The van der Waals surface area contributed by atoms with Gasteiger partial charge in [-0.2, -0.15) is 0 Å². The predicted octanol–water partition coefficient (Wildman–Crippen LogP) is 1.83. The molecule has 6 nitrogen and oxygen atoms in total. The molecule has 7 heteroatoms. The molecule has 0 fully saturated rings. The minimum Gasteiger partial charge on any atom is -0.352 e. The SMILES string of the molecule is CN=C(NCC(=O)Nc1cccnc1)NCc1ccc(C)c(F)c1. The number of anilines is 1. The lowest BCUT2D eigenvalue weighted by atomic mass is 10.1. The van der Waals surface area contributed by atoms with Crippen LogP contribution < -0.4 is 16.0 Å². The van der Waals surface area contributed by atoms with E-state index in [9.17, 15) is 9.18 Å². The fourth-order valence-electron chi connectivity index (χ4n) is 1.96. The van der Waals surface area contributed by atoms with Crippen LogP contribution in [0.1, 0.15) is 11.1 Å². The van der Waals surface area contributed by atoms with E-state index in [1.807, 2.05) is 6.07 Å². The molecule has 3 N–H and O–H groups in total. The molecular formula is C17H20FN5O. The number of aryl methyl sites for hydroxylation is 1. The van der Waals surface area contributed by atoms with Gasteiger partial charge in [0.25, 0.3) is 0 Å². The molecule has 0 spiro atoms. The second-order valence-electron chi connectivity index (χ2n) is 5.15. The molecule has 0 aliphatic rings. The van der Waals surface area contributed by atoms with Crippen LogP contribution in [0.3, 0.4) is 0 Å². The third-order valence-electron chi connectivity index (χ3n) is 3.28. The Labute approximate surface area is 140 Å². The number of aromatic nitrogens is 1. The average molecular weight is 329 g/mol. The zero-order valence-electron chi connectivity index (χ0n) is 13.6. The summed E-state index contributed by atoms with van der Waals surface area (Å²) in [5.41, 5.74) is 2.02. The van der Waals surface area contributed by atoms with E-state index in [-0.39, 0.29) is 18.3 Å². The number of nitrogens with zero attached hydrogens (tertiary/aromatic N) is 2. The monoisotopic (exact) mass is 329 g/mol. The van der Waals surface area contributed by atoms with Gasteiger partial charge in [0.05, 0.1) is 18.4 Å². The van der Waals surface area contributed by atoms with Crippen molar-refractivity contribution in [1.29, 1.82) is 0 Å². The smallest absolute Gasteiger partial charge is 0.243 e. The largest absolute Gasteiger partial charge is 0.352 e. The van der Waals surface area contributed by atoms with E-state index in [1.54, 1.807) is 44.6 Å². The first-order valence-corrected chi connectivity index (χ1v) is 7.48. The van der Waals surface area contributed by atoms with Gasteiger partial charge in [0.15, 0.2) is 5.96 Å². The number of nitrogens with one attached hydrogen (secondary N) is 3. The molecule has 1 heterocycles. The van der Waals surface area contributed by atoms with E-state index >= 15 is 0 Å². The summed E-state index contributed by atoms with van der Waals surface area (Å²) in [5, 5.41) is 8.64. The predicted molar refractivity (Wildman–Crippen MR) is 92.2 cm³/mol. The summed E-state index contributed by atoms with van der Waals surface area (Å²) in [6, 6.07) is 8.54. The third-order valence-corrected chi connectivity index (χ3v) is 3.28. The van der Waals surface area contributed by atoms with Crippen molar-refractivity contribution in [2.24, 2.45) is 4.99 Å². The van der Waals surface area contributed by atoms with Crippen LogP contribution in [0.4, 0.5) is 10.1 Å². The van der Waals surface area contributed by atoms with Gasteiger partial charge in [0.1, 0.15) is 5.82 Å². The lowest BCUT2D eigenvalue weighted by molar-refractivity contribution is -0.115. The van der Waals surface area contributed by atoms with Crippen molar-refractivity contribution in [3.63, 3.8) is 0 Å². The van der Waals surface area contributed by atoms with E-state index in [0.717, 1.165) is 5.56 Å². The molecule has 126 valence electrons. The first kappa shape index (κ1) is 17.4. The molecule has 2 rings (SSSR count). The van der Waals surface area contributed by atoms with Gasteiger partial charge < -0.3 is 16.0 Å². The number of benzene rings is 1. The second kappa shape index (κ2) is 8.61. The van der Waals surface area contributed by atoms with Gasteiger partial charge in [-0.3, -0.25) is 14.8 Å². The van der Waals surface area contributed by atoms with Crippen LogP contribution in [0.15, 0.2) is 47.7 Å². The molecule has 0 radical (unpaired) electrons. The molecule has 1 aromatic heterocycles. The van der Waals surface area contributed by atoms with Crippen LogP contribution in [0.25, 0.3) is 0 Å². The fraction of sp³-hybridized carbons (Fsp3) is 0.235. The molecule has 1 amide bonds. The number of guanidine groups is 1. The van der Waals surface area contributed by atoms with Crippen molar-refractivity contribution in [3.8, 4) is 0 Å². The van der Waals surface area contributed by atoms with E-state index in [1.165, 1.54) is 6.07 Å². The molecule has 0 aliphatic heterocycles. The van der Waals surface area contributed by atoms with E-state index in [4.69, 9.17) is 0 Å². The number of hydrogen-bond acceptors (Lipinski definition) is 3. The lowest BCUT2D eigenvalue weighted by Gasteiger charge is -2.12. The molecule has 0 saturated carbocycles. The Morgan fingerprint density at radius 2 is 2.12 bits per heavy atom. The molecule has 1 aromatic carbocycles. The minimum atomic E-state index is -0.243. The molecule has 0 aliphatic carbocycles. The number of aliphatic imine (C=N–C) groups is 1. The van der Waals surface area contributed by atoms with Gasteiger partial charge in [-0.1, -0.05) is 12.1 Å². The highest BCUT2D eigenvalue weighted by Gasteiger charge is 2.05. The first-order chi connectivity index (χ1) is 11.6. The third kappa shape index (κ3) is 5.35. The Bertz CT molecular complexity index is 718. The van der Waals surface area contributed by atoms with Crippen LogP contribution in [0.5, 0.6) is 0 Å². The highest BCUT2D eigenvalue weighted by molar-refractivity contribution is 5.94. The van der Waals surface area contributed by atoms with Crippen LogP contribution >= 0.6 is 0 Å². The molecule has 24 heavy (non-hydrogen) atoms. The van der Waals surface area contributed by atoms with Crippen LogP contribution in [-0.2, 0) is 11.3 Å². The van der Waals surface area contributed by atoms with Crippen molar-refractivity contribution in [1.82, 2.24) is 15.6 Å². The Morgan fingerprint density at radius 1 is 1.29 bits per heavy atom. The van der Waals surface area contributed by atoms with Gasteiger partial charge in [0, 0.05) is 19.8 Å². The van der Waals surface area contributed by atoms with Gasteiger partial charge >= 0.3 is 0 Å². The van der Waals surface area contributed by atoms with Gasteiger partial charge in [-0.15, -0.1) is 0 Å². The molecule has 0 saturated heterocycles. The topological polar surface area (TPSA) is 78.4 Å². The summed E-state index contributed by atoms with van der Waals surface area (Å²) >= 11 is 0. The van der Waals surface area contributed by atoms with E-state index in [2.05, 4.69) is 25.9 Å². The first-order valence-electron chi connectivity index (χ1n) is 7.48. The zero-order valence-corrected chi connectivity index (χ0v) is 13.6. The maximum atomic E-state index is 13.5. The molecule has 2 aromatic rings. The second-order valence-corrected chi connectivity index (χ2v) is 5.15. The number of carbonyl (C=O) groups is 1. The highest BCUT2D eigenvalue weighted by atomic mass is 19.1. The summed E-state index contributed by atoms with van der Waals surface area (Å²) in [4.78, 5) is 19.8. The number of rotatable bonds is 5. The summed E-state index contributed by atoms with van der Waals surface area (Å²) < 4.78 is 13.5. The average Bonchev–Trinajstić information content (AvgIpc) is 2.59. The summed E-state index contributed by atoms with van der Waals surface area (Å²) in [6.07, 6.45) is 3.20. The van der Waals surface area contributed by atoms with Gasteiger partial charge in [0.2, 0.25) is 5.91 Å². The lowest BCUT2D eigenvalue weighted by Crippen LogP contribution is -2.41. The van der Waals surface area contributed by atoms with E-state index < -0.39 is 0 Å². The summed E-state index contributed by atoms with van der Waals surface area (Å²) in [5.74, 6) is -0.00209. The fourth-order valence-corrected chi connectivity index (χ4v) is 1.96. The Hall–Kier alpha value is -2.96. The maximum absolute atomic E-state index is 13.5. The van der Waals surface area contributed by atoms with Gasteiger partial charge in [-0.25, -0.2) is 4.39 Å². The van der Waals surface area contributed by atoms with Crippen LogP contribution in [0, 0.1) is 12.7 Å². The molecular weight excluding hydrogens is 309 g/mol. The van der Waals surface area contributed by atoms with Crippen molar-refractivity contribution < 1.29 is 9.18 Å². The normalized spacial score (nSPS) is 11.0. The molecule has 0 bridgehead atoms. The Morgan fingerprint density at radius 3 is 2.79 bits per heavy atom. The Balaban J connectivity index is 1.79. The highest BCUT2D eigenvalue weighted by Crippen LogP contribution is 2.08. The molecule has 0 unspecified atom stereocenters. The number of halogens is 1. The van der Waals surface area contributed by atoms with Crippen molar-refractivity contribution in [2.45, 2.75) is 13.5 Å². The number of hydrogen-bond donors (Lipinski definition) is 3. The number of pyridine rings is 1.